The maximum atomic E-state index is 12.5. The van der Waals surface area contributed by atoms with Gasteiger partial charge in [-0.1, -0.05) is 6.92 Å². The molecule has 1 rings (SSSR count). The predicted octanol–water partition coefficient (Wildman–Crippen LogP) is 2.44. The summed E-state index contributed by atoms with van der Waals surface area (Å²) in [4.78, 5) is 25.9. The molecule has 1 heterocycles. The van der Waals surface area contributed by atoms with Gasteiger partial charge < -0.3 is 16.0 Å². The molecule has 1 aromatic rings. The monoisotopic (exact) mass is 352 g/mol. The average Bonchev–Trinajstić information content (AvgIpc) is 2.93. The lowest BCUT2D eigenvalue weighted by molar-refractivity contribution is -0.140. The highest BCUT2D eigenvalue weighted by molar-refractivity contribution is 7.09. The molecule has 0 saturated carbocycles. The summed E-state index contributed by atoms with van der Waals surface area (Å²) < 4.78 is 37.6. The zero-order valence-electron chi connectivity index (χ0n) is 12.8. The minimum absolute atomic E-state index is 0.148. The van der Waals surface area contributed by atoms with E-state index in [0.29, 0.717) is 25.9 Å². The Morgan fingerprint density at radius 3 is 2.48 bits per heavy atom. The fourth-order valence-corrected chi connectivity index (χ4v) is 2.64. The molecule has 6 nitrogen and oxygen atoms in total. The van der Waals surface area contributed by atoms with Crippen molar-refractivity contribution in [3.8, 4) is 0 Å². The smallest absolute Gasteiger partial charge is 0.356 e. The number of amides is 3. The van der Waals surface area contributed by atoms with Gasteiger partial charge in [0.2, 0.25) is 5.91 Å². The molecule has 3 amide bonds. The van der Waals surface area contributed by atoms with Gasteiger partial charge in [0.1, 0.15) is 5.01 Å². The number of alkyl halides is 3. The van der Waals surface area contributed by atoms with E-state index in [9.17, 15) is 22.8 Å². The minimum atomic E-state index is -4.49. The van der Waals surface area contributed by atoms with Crippen LogP contribution in [0.15, 0.2) is 5.38 Å². The van der Waals surface area contributed by atoms with Crippen molar-refractivity contribution >= 4 is 23.3 Å². The molecule has 0 bridgehead atoms. The first-order valence-corrected chi connectivity index (χ1v) is 7.93. The summed E-state index contributed by atoms with van der Waals surface area (Å²) in [5.41, 5.74) is -0.950. The van der Waals surface area contributed by atoms with E-state index in [-0.39, 0.29) is 10.9 Å². The molecule has 0 aliphatic carbocycles. The second-order valence-electron chi connectivity index (χ2n) is 4.77. The second kappa shape index (κ2) is 8.70. The molecular formula is C13H19F3N4O2S. The van der Waals surface area contributed by atoms with Crippen molar-refractivity contribution in [1.82, 2.24) is 20.9 Å². The second-order valence-corrected chi connectivity index (χ2v) is 5.66. The van der Waals surface area contributed by atoms with Crippen LogP contribution in [-0.2, 0) is 11.0 Å². The van der Waals surface area contributed by atoms with Crippen molar-refractivity contribution in [2.24, 2.45) is 0 Å². The number of nitrogens with zero attached hydrogens (tertiary/aromatic N) is 1. The molecule has 0 radical (unpaired) electrons. The van der Waals surface area contributed by atoms with Crippen LogP contribution in [0, 0.1) is 0 Å². The third-order valence-corrected chi connectivity index (χ3v) is 3.80. The average molecular weight is 352 g/mol. The number of nitrogens with one attached hydrogen (secondary N) is 3. The number of rotatable bonds is 7. The SMILES string of the molecule is CCC(NC(=O)NCCCNC(C)=O)c1nc(C(F)(F)F)cs1. The van der Waals surface area contributed by atoms with Gasteiger partial charge in [0.05, 0.1) is 6.04 Å². The van der Waals surface area contributed by atoms with E-state index >= 15 is 0 Å². The maximum Gasteiger partial charge on any atom is 0.434 e. The van der Waals surface area contributed by atoms with Crippen molar-refractivity contribution in [1.29, 1.82) is 0 Å². The first-order chi connectivity index (χ1) is 10.7. The van der Waals surface area contributed by atoms with Crippen LogP contribution in [0.25, 0.3) is 0 Å². The molecule has 1 aromatic heterocycles. The van der Waals surface area contributed by atoms with Crippen molar-refractivity contribution < 1.29 is 22.8 Å². The van der Waals surface area contributed by atoms with E-state index in [4.69, 9.17) is 0 Å². The number of carbonyl (C=O) groups is 2. The first kappa shape index (κ1) is 19.2. The number of halogens is 3. The molecule has 1 atom stereocenters. The van der Waals surface area contributed by atoms with Crippen LogP contribution in [-0.4, -0.2) is 30.0 Å². The van der Waals surface area contributed by atoms with Crippen molar-refractivity contribution in [3.05, 3.63) is 16.1 Å². The van der Waals surface area contributed by atoms with Gasteiger partial charge in [-0.2, -0.15) is 13.2 Å². The lowest BCUT2D eigenvalue weighted by atomic mass is 10.2. The van der Waals surface area contributed by atoms with E-state index in [1.807, 2.05) is 0 Å². The van der Waals surface area contributed by atoms with Gasteiger partial charge in [-0.3, -0.25) is 4.79 Å². The number of hydrogen-bond acceptors (Lipinski definition) is 4. The summed E-state index contributed by atoms with van der Waals surface area (Å²) in [5, 5.41) is 8.91. The zero-order valence-corrected chi connectivity index (χ0v) is 13.6. The van der Waals surface area contributed by atoms with E-state index in [1.165, 1.54) is 6.92 Å². The van der Waals surface area contributed by atoms with Crippen molar-refractivity contribution in [2.75, 3.05) is 13.1 Å². The molecule has 0 spiro atoms. The summed E-state index contributed by atoms with van der Waals surface area (Å²) in [6, 6.07) is -1.06. The van der Waals surface area contributed by atoms with Crippen LogP contribution >= 0.6 is 11.3 Å². The summed E-state index contributed by atoms with van der Waals surface area (Å²) >= 11 is 0.865. The van der Waals surface area contributed by atoms with Gasteiger partial charge in [0.15, 0.2) is 5.69 Å². The molecule has 10 heteroatoms. The Kier molecular flexibility index (Phi) is 7.27. The van der Waals surface area contributed by atoms with Crippen LogP contribution < -0.4 is 16.0 Å². The molecule has 0 aliphatic heterocycles. The van der Waals surface area contributed by atoms with Crippen LogP contribution in [0.1, 0.15) is 43.4 Å². The topological polar surface area (TPSA) is 83.1 Å². The summed E-state index contributed by atoms with van der Waals surface area (Å²) in [5.74, 6) is -0.148. The molecule has 3 N–H and O–H groups in total. The van der Waals surface area contributed by atoms with Crippen molar-refractivity contribution in [3.63, 3.8) is 0 Å². The number of aromatic nitrogens is 1. The van der Waals surface area contributed by atoms with E-state index in [2.05, 4.69) is 20.9 Å². The Morgan fingerprint density at radius 1 is 1.30 bits per heavy atom. The highest BCUT2D eigenvalue weighted by Crippen LogP contribution is 2.32. The molecule has 130 valence electrons. The Morgan fingerprint density at radius 2 is 1.96 bits per heavy atom. The predicted molar refractivity (Wildman–Crippen MR) is 80.0 cm³/mol. The highest BCUT2D eigenvalue weighted by atomic mass is 32.1. The molecule has 23 heavy (non-hydrogen) atoms. The molecular weight excluding hydrogens is 333 g/mol. The Bertz CT molecular complexity index is 534. The largest absolute Gasteiger partial charge is 0.434 e. The van der Waals surface area contributed by atoms with E-state index < -0.39 is 23.9 Å². The van der Waals surface area contributed by atoms with Crippen LogP contribution in [0.2, 0.25) is 0 Å². The standard InChI is InChI=1S/C13H19F3N4O2S/c1-3-9(11-20-10(7-23-11)13(14,15)16)19-12(22)18-6-4-5-17-8(2)21/h7,9H,3-6H2,1-2H3,(H,17,21)(H2,18,19,22). The number of urea groups is 1. The minimum Gasteiger partial charge on any atom is -0.356 e. The third kappa shape index (κ3) is 6.85. The fourth-order valence-electron chi connectivity index (χ4n) is 1.68. The van der Waals surface area contributed by atoms with Crippen LogP contribution in [0.4, 0.5) is 18.0 Å². The Hall–Kier alpha value is -1.84. The lowest BCUT2D eigenvalue weighted by Crippen LogP contribution is -2.39. The maximum absolute atomic E-state index is 12.5. The Balaban J connectivity index is 2.45. The van der Waals surface area contributed by atoms with Gasteiger partial charge in [-0.15, -0.1) is 11.3 Å². The normalized spacial score (nSPS) is 12.6. The molecule has 0 saturated heterocycles. The fraction of sp³-hybridized carbons (Fsp3) is 0.615. The van der Waals surface area contributed by atoms with E-state index in [1.54, 1.807) is 6.92 Å². The van der Waals surface area contributed by atoms with Gasteiger partial charge in [0.25, 0.3) is 0 Å². The lowest BCUT2D eigenvalue weighted by Gasteiger charge is -2.15. The molecule has 1 unspecified atom stereocenters. The van der Waals surface area contributed by atoms with Crippen LogP contribution in [0.5, 0.6) is 0 Å². The van der Waals surface area contributed by atoms with Gasteiger partial charge in [-0.05, 0) is 12.8 Å². The third-order valence-electron chi connectivity index (χ3n) is 2.84. The molecule has 0 fully saturated rings. The van der Waals surface area contributed by atoms with E-state index in [0.717, 1.165) is 16.7 Å². The zero-order chi connectivity index (χ0) is 17.5. The van der Waals surface area contributed by atoms with Gasteiger partial charge in [0, 0.05) is 25.4 Å². The van der Waals surface area contributed by atoms with Gasteiger partial charge in [-0.25, -0.2) is 9.78 Å². The van der Waals surface area contributed by atoms with Crippen LogP contribution in [0.3, 0.4) is 0 Å². The number of thiazole rings is 1. The highest BCUT2D eigenvalue weighted by Gasteiger charge is 2.34. The first-order valence-electron chi connectivity index (χ1n) is 7.05. The number of carbonyl (C=O) groups excluding carboxylic acids is 2. The quantitative estimate of drug-likeness (QED) is 0.659. The Labute approximate surface area is 135 Å². The molecule has 0 aromatic carbocycles. The summed E-state index contributed by atoms with van der Waals surface area (Å²) in [7, 11) is 0. The summed E-state index contributed by atoms with van der Waals surface area (Å²) in [6.45, 7) is 3.92. The van der Waals surface area contributed by atoms with Crippen molar-refractivity contribution in [2.45, 2.75) is 38.9 Å². The summed E-state index contributed by atoms with van der Waals surface area (Å²) in [6.07, 6.45) is -3.51. The molecule has 0 aliphatic rings. The van der Waals surface area contributed by atoms with Gasteiger partial charge >= 0.3 is 12.2 Å². The number of hydrogen-bond donors (Lipinski definition) is 3.